The van der Waals surface area contributed by atoms with Crippen molar-refractivity contribution in [3.05, 3.63) is 46.3 Å². The van der Waals surface area contributed by atoms with Crippen molar-refractivity contribution in [1.29, 1.82) is 0 Å². The van der Waals surface area contributed by atoms with Crippen LogP contribution in [0.15, 0.2) is 24.3 Å². The molecule has 136 valence electrons. The van der Waals surface area contributed by atoms with Gasteiger partial charge in [-0.2, -0.15) is 0 Å². The Bertz CT molecular complexity index is 919. The number of fused-ring (bicyclic) bond motifs is 1. The number of nitrogens with one attached hydrogen (secondary N) is 1. The van der Waals surface area contributed by atoms with Gasteiger partial charge in [-0.15, -0.1) is 11.3 Å². The quantitative estimate of drug-likeness (QED) is 0.750. The minimum Gasteiger partial charge on any atom is -0.379 e. The first-order valence-electron chi connectivity index (χ1n) is 8.69. The van der Waals surface area contributed by atoms with Gasteiger partial charge < -0.3 is 10.1 Å². The van der Waals surface area contributed by atoms with Gasteiger partial charge in [0.2, 0.25) is 0 Å². The van der Waals surface area contributed by atoms with Crippen molar-refractivity contribution in [3.63, 3.8) is 0 Å². The molecule has 3 aromatic rings. The second-order valence-corrected chi connectivity index (χ2v) is 7.68. The Morgan fingerprint density at radius 2 is 1.88 bits per heavy atom. The monoisotopic (exact) mass is 372 g/mol. The van der Waals surface area contributed by atoms with Gasteiger partial charge in [0.05, 0.1) is 25.1 Å². The minimum atomic E-state index is -0.251. The Balaban J connectivity index is 1.71. The van der Waals surface area contributed by atoms with Crippen LogP contribution in [0.1, 0.15) is 16.3 Å². The van der Waals surface area contributed by atoms with Crippen molar-refractivity contribution in [3.8, 4) is 0 Å². The zero-order valence-electron chi connectivity index (χ0n) is 14.9. The Kier molecular flexibility index (Phi) is 4.84. The third kappa shape index (κ3) is 3.56. The van der Waals surface area contributed by atoms with Crippen LogP contribution in [-0.2, 0) is 11.3 Å². The van der Waals surface area contributed by atoms with E-state index in [0.29, 0.717) is 6.54 Å². The second kappa shape index (κ2) is 7.26. The summed E-state index contributed by atoms with van der Waals surface area (Å²) < 4.78 is 18.6. The molecule has 0 radical (unpaired) electrons. The molecular formula is C19H21FN4OS. The normalized spacial score (nSPS) is 15.5. The fourth-order valence-corrected chi connectivity index (χ4v) is 4.13. The third-order valence-corrected chi connectivity index (χ3v) is 5.75. The first-order valence-corrected chi connectivity index (χ1v) is 9.51. The number of aromatic nitrogens is 2. The van der Waals surface area contributed by atoms with Gasteiger partial charge in [0.1, 0.15) is 22.3 Å². The molecule has 0 saturated carbocycles. The van der Waals surface area contributed by atoms with Crippen molar-refractivity contribution < 1.29 is 9.13 Å². The van der Waals surface area contributed by atoms with Crippen molar-refractivity contribution in [1.82, 2.24) is 14.9 Å². The summed E-state index contributed by atoms with van der Waals surface area (Å²) in [6.07, 6.45) is 0. The van der Waals surface area contributed by atoms with Crippen molar-refractivity contribution in [2.24, 2.45) is 0 Å². The largest absolute Gasteiger partial charge is 0.379 e. The lowest BCUT2D eigenvalue weighted by Crippen LogP contribution is -2.36. The molecule has 1 N–H and O–H groups in total. The fraction of sp³-hybridized carbons (Fsp3) is 0.368. The number of benzene rings is 1. The zero-order valence-corrected chi connectivity index (χ0v) is 15.7. The number of ether oxygens (including phenoxy) is 1. The molecule has 3 heterocycles. The van der Waals surface area contributed by atoms with Gasteiger partial charge in [0.25, 0.3) is 0 Å². The van der Waals surface area contributed by atoms with E-state index in [0.717, 1.165) is 53.8 Å². The Morgan fingerprint density at radius 3 is 2.62 bits per heavy atom. The first-order chi connectivity index (χ1) is 12.6. The van der Waals surface area contributed by atoms with E-state index in [1.54, 1.807) is 23.5 Å². The summed E-state index contributed by atoms with van der Waals surface area (Å²) in [5, 5.41) is 4.40. The van der Waals surface area contributed by atoms with Crippen LogP contribution in [0.4, 0.5) is 15.9 Å². The van der Waals surface area contributed by atoms with Gasteiger partial charge in [-0.3, -0.25) is 4.90 Å². The predicted molar refractivity (Wildman–Crippen MR) is 103 cm³/mol. The van der Waals surface area contributed by atoms with Gasteiger partial charge in [0, 0.05) is 23.7 Å². The summed E-state index contributed by atoms with van der Waals surface area (Å²) in [5.41, 5.74) is 2.00. The topological polar surface area (TPSA) is 50.3 Å². The molecule has 1 aliphatic heterocycles. The van der Waals surface area contributed by atoms with E-state index in [9.17, 15) is 4.39 Å². The summed E-state index contributed by atoms with van der Waals surface area (Å²) in [4.78, 5) is 14.1. The summed E-state index contributed by atoms with van der Waals surface area (Å²) in [5.74, 6) is 1.33. The molecule has 0 unspecified atom stereocenters. The number of morpholine rings is 1. The van der Waals surface area contributed by atoms with Crippen molar-refractivity contribution >= 4 is 33.1 Å². The maximum absolute atomic E-state index is 13.2. The molecule has 1 saturated heterocycles. The molecule has 26 heavy (non-hydrogen) atoms. The van der Waals surface area contributed by atoms with Gasteiger partial charge in [-0.1, -0.05) is 0 Å². The van der Waals surface area contributed by atoms with E-state index in [-0.39, 0.29) is 5.82 Å². The molecule has 0 bridgehead atoms. The molecule has 0 aliphatic carbocycles. The standard InChI is InChI=1S/C19H21FN4OS/c1-12-13(2)26-19-17(12)18(21-15-5-3-14(20)4-6-15)22-16(23-19)11-24-7-9-25-10-8-24/h3-6H,7-11H2,1-2H3,(H,21,22,23). The molecule has 7 heteroatoms. The van der Waals surface area contributed by atoms with E-state index in [1.165, 1.54) is 22.6 Å². The lowest BCUT2D eigenvalue weighted by molar-refractivity contribution is 0.0331. The molecule has 1 fully saturated rings. The Hall–Kier alpha value is -2.09. The highest BCUT2D eigenvalue weighted by molar-refractivity contribution is 7.18. The van der Waals surface area contributed by atoms with Gasteiger partial charge >= 0.3 is 0 Å². The highest BCUT2D eigenvalue weighted by Crippen LogP contribution is 2.34. The smallest absolute Gasteiger partial charge is 0.146 e. The van der Waals surface area contributed by atoms with Crippen LogP contribution in [0.5, 0.6) is 0 Å². The number of hydrogen-bond acceptors (Lipinski definition) is 6. The van der Waals surface area contributed by atoms with Crippen molar-refractivity contribution in [2.45, 2.75) is 20.4 Å². The SMILES string of the molecule is Cc1sc2nc(CN3CCOCC3)nc(Nc3ccc(F)cc3)c2c1C. The molecular weight excluding hydrogens is 351 g/mol. The predicted octanol–water partition coefficient (Wildman–Crippen LogP) is 4.02. The van der Waals surface area contributed by atoms with E-state index in [2.05, 4.69) is 24.1 Å². The maximum atomic E-state index is 13.2. The second-order valence-electron chi connectivity index (χ2n) is 6.47. The number of halogens is 1. The van der Waals surface area contributed by atoms with Crippen LogP contribution < -0.4 is 5.32 Å². The third-order valence-electron chi connectivity index (χ3n) is 4.65. The van der Waals surface area contributed by atoms with Crippen LogP contribution in [0, 0.1) is 19.7 Å². The van der Waals surface area contributed by atoms with Crippen LogP contribution in [0.2, 0.25) is 0 Å². The van der Waals surface area contributed by atoms with Gasteiger partial charge in [-0.05, 0) is 43.7 Å². The molecule has 0 amide bonds. The fourth-order valence-electron chi connectivity index (χ4n) is 3.08. The minimum absolute atomic E-state index is 0.251. The van der Waals surface area contributed by atoms with Crippen LogP contribution in [-0.4, -0.2) is 41.2 Å². The Morgan fingerprint density at radius 1 is 1.15 bits per heavy atom. The Labute approximate surface area is 155 Å². The number of aryl methyl sites for hydroxylation is 2. The van der Waals surface area contributed by atoms with Crippen LogP contribution in [0.3, 0.4) is 0 Å². The first kappa shape index (κ1) is 17.3. The number of nitrogens with zero attached hydrogens (tertiary/aromatic N) is 3. The maximum Gasteiger partial charge on any atom is 0.146 e. The van der Waals surface area contributed by atoms with E-state index >= 15 is 0 Å². The van der Waals surface area contributed by atoms with Gasteiger partial charge in [-0.25, -0.2) is 14.4 Å². The van der Waals surface area contributed by atoms with Crippen LogP contribution in [0.25, 0.3) is 10.2 Å². The van der Waals surface area contributed by atoms with E-state index in [4.69, 9.17) is 14.7 Å². The number of thiophene rings is 1. The zero-order chi connectivity index (χ0) is 18.1. The number of rotatable bonds is 4. The summed E-state index contributed by atoms with van der Waals surface area (Å²) in [6.45, 7) is 8.18. The lowest BCUT2D eigenvalue weighted by Gasteiger charge is -2.25. The highest BCUT2D eigenvalue weighted by Gasteiger charge is 2.17. The summed E-state index contributed by atoms with van der Waals surface area (Å²) in [7, 11) is 0. The molecule has 0 atom stereocenters. The highest BCUT2D eigenvalue weighted by atomic mass is 32.1. The molecule has 0 spiro atoms. The molecule has 1 aliphatic rings. The van der Waals surface area contributed by atoms with E-state index < -0.39 is 0 Å². The average molecular weight is 372 g/mol. The average Bonchev–Trinajstić information content (AvgIpc) is 2.92. The van der Waals surface area contributed by atoms with Crippen LogP contribution >= 0.6 is 11.3 Å². The number of hydrogen-bond donors (Lipinski definition) is 1. The molecule has 4 rings (SSSR count). The summed E-state index contributed by atoms with van der Waals surface area (Å²) >= 11 is 1.69. The molecule has 2 aromatic heterocycles. The van der Waals surface area contributed by atoms with E-state index in [1.807, 2.05) is 0 Å². The lowest BCUT2D eigenvalue weighted by atomic mass is 10.2. The van der Waals surface area contributed by atoms with Crippen molar-refractivity contribution in [2.75, 3.05) is 31.6 Å². The summed E-state index contributed by atoms with van der Waals surface area (Å²) in [6, 6.07) is 6.33. The molecule has 5 nitrogen and oxygen atoms in total. The van der Waals surface area contributed by atoms with Gasteiger partial charge in [0.15, 0.2) is 0 Å². The molecule has 1 aromatic carbocycles. The number of anilines is 2.